The number of aryl methyl sites for hydroxylation is 1. The second kappa shape index (κ2) is 7.16. The predicted octanol–water partition coefficient (Wildman–Crippen LogP) is 5.04. The topological polar surface area (TPSA) is 72.2 Å². The highest BCUT2D eigenvalue weighted by Gasteiger charge is 2.25. The summed E-state index contributed by atoms with van der Waals surface area (Å²) in [5.74, 6) is -0.698. The smallest absolute Gasteiger partial charge is 0.256 e. The molecule has 6 heteroatoms. The number of hydrogen-bond donors (Lipinski definition) is 2. The first kappa shape index (κ1) is 19.1. The lowest BCUT2D eigenvalue weighted by Crippen LogP contribution is -2.19. The number of benzene rings is 1. The van der Waals surface area contributed by atoms with Gasteiger partial charge in [0.2, 0.25) is 0 Å². The lowest BCUT2D eigenvalue weighted by molar-refractivity contribution is 0.100. The Hall–Kier alpha value is -1.66. The molecule has 2 aromatic rings. The number of amides is 2. The van der Waals surface area contributed by atoms with Gasteiger partial charge in [-0.1, -0.05) is 42.8 Å². The largest absolute Gasteiger partial charge is 0.365 e. The highest BCUT2D eigenvalue weighted by molar-refractivity contribution is 9.10. The molecule has 0 atom stereocenters. The summed E-state index contributed by atoms with van der Waals surface area (Å²) in [6.45, 7) is 6.38. The van der Waals surface area contributed by atoms with E-state index in [2.05, 4.69) is 42.0 Å². The molecule has 3 N–H and O–H groups in total. The molecule has 26 heavy (non-hydrogen) atoms. The summed E-state index contributed by atoms with van der Waals surface area (Å²) >= 11 is 5.05. The summed E-state index contributed by atoms with van der Waals surface area (Å²) in [6.07, 6.45) is 3.96. The number of rotatable bonds is 3. The van der Waals surface area contributed by atoms with Crippen molar-refractivity contribution >= 4 is 44.1 Å². The van der Waals surface area contributed by atoms with Gasteiger partial charge in [0.25, 0.3) is 11.8 Å². The number of carbonyl (C=O) groups excluding carboxylic acids is 2. The highest BCUT2D eigenvalue weighted by atomic mass is 79.9. The average molecular weight is 435 g/mol. The number of carbonyl (C=O) groups is 2. The van der Waals surface area contributed by atoms with Crippen LogP contribution in [0.3, 0.4) is 0 Å². The number of thiophene rings is 1. The van der Waals surface area contributed by atoms with Crippen molar-refractivity contribution in [1.82, 2.24) is 0 Å². The summed E-state index contributed by atoms with van der Waals surface area (Å²) in [4.78, 5) is 25.9. The first-order chi connectivity index (χ1) is 12.2. The maximum Gasteiger partial charge on any atom is 0.256 e. The summed E-state index contributed by atoms with van der Waals surface area (Å²) in [5.41, 5.74) is 8.78. The standard InChI is InChI=1S/C20H23BrN2O2S/c1-20(2,3)13-9-8-11(10-14(13)21)18(25)23-19-16(17(22)24)12-6-4-5-7-15(12)26-19/h8-10H,4-7H2,1-3H3,(H2,22,24)(H,23,25). The Bertz CT molecular complexity index is 881. The Kier molecular flexibility index (Phi) is 5.26. The minimum Gasteiger partial charge on any atom is -0.365 e. The molecular weight excluding hydrogens is 412 g/mol. The minimum atomic E-state index is -0.469. The van der Waals surface area contributed by atoms with E-state index in [1.807, 2.05) is 18.2 Å². The molecule has 3 rings (SSSR count). The van der Waals surface area contributed by atoms with Crippen molar-refractivity contribution < 1.29 is 9.59 Å². The summed E-state index contributed by atoms with van der Waals surface area (Å²) < 4.78 is 0.901. The third kappa shape index (κ3) is 3.71. The quantitative estimate of drug-likeness (QED) is 0.709. The van der Waals surface area contributed by atoms with Crippen LogP contribution in [0.5, 0.6) is 0 Å². The monoisotopic (exact) mass is 434 g/mol. The van der Waals surface area contributed by atoms with Crippen LogP contribution >= 0.6 is 27.3 Å². The van der Waals surface area contributed by atoms with Gasteiger partial charge in [-0.25, -0.2) is 0 Å². The Labute approximate surface area is 166 Å². The Morgan fingerprint density at radius 1 is 1.19 bits per heavy atom. The molecule has 0 radical (unpaired) electrons. The fourth-order valence-corrected chi connectivity index (χ4v) is 5.62. The third-order valence-corrected chi connectivity index (χ3v) is 6.55. The molecule has 138 valence electrons. The van der Waals surface area contributed by atoms with Crippen molar-refractivity contribution in [2.24, 2.45) is 5.73 Å². The van der Waals surface area contributed by atoms with E-state index >= 15 is 0 Å². The maximum atomic E-state index is 12.7. The van der Waals surface area contributed by atoms with Crippen molar-refractivity contribution in [2.75, 3.05) is 5.32 Å². The zero-order valence-electron chi connectivity index (χ0n) is 15.2. The van der Waals surface area contributed by atoms with Gasteiger partial charge < -0.3 is 11.1 Å². The first-order valence-corrected chi connectivity index (χ1v) is 10.3. The van der Waals surface area contributed by atoms with Gasteiger partial charge in [-0.3, -0.25) is 9.59 Å². The fraction of sp³-hybridized carbons (Fsp3) is 0.400. The van der Waals surface area contributed by atoms with E-state index in [0.29, 0.717) is 16.1 Å². The molecule has 1 aromatic heterocycles. The number of hydrogen-bond acceptors (Lipinski definition) is 3. The highest BCUT2D eigenvalue weighted by Crippen LogP contribution is 2.38. The zero-order chi connectivity index (χ0) is 19.1. The summed E-state index contributed by atoms with van der Waals surface area (Å²) in [6, 6.07) is 5.61. The molecule has 1 aliphatic carbocycles. The SMILES string of the molecule is CC(C)(C)c1ccc(C(=O)Nc2sc3c(c2C(N)=O)CCCC3)cc1Br. The average Bonchev–Trinajstić information content (AvgIpc) is 2.91. The number of nitrogens with one attached hydrogen (secondary N) is 1. The lowest BCUT2D eigenvalue weighted by atomic mass is 9.86. The van der Waals surface area contributed by atoms with Crippen LogP contribution in [0, 0.1) is 0 Å². The van der Waals surface area contributed by atoms with E-state index in [9.17, 15) is 9.59 Å². The van der Waals surface area contributed by atoms with E-state index in [-0.39, 0.29) is 11.3 Å². The summed E-state index contributed by atoms with van der Waals surface area (Å²) in [5, 5.41) is 3.48. The molecule has 1 aliphatic rings. The molecule has 0 fully saturated rings. The Morgan fingerprint density at radius 3 is 2.50 bits per heavy atom. The van der Waals surface area contributed by atoms with Crippen LogP contribution in [0.1, 0.15) is 70.3 Å². The molecule has 0 saturated carbocycles. The number of nitrogens with two attached hydrogens (primary N) is 1. The van der Waals surface area contributed by atoms with Crippen LogP contribution in [0.2, 0.25) is 0 Å². The number of anilines is 1. The number of fused-ring (bicyclic) bond motifs is 1. The molecule has 1 heterocycles. The van der Waals surface area contributed by atoms with E-state index < -0.39 is 5.91 Å². The van der Waals surface area contributed by atoms with E-state index in [0.717, 1.165) is 41.3 Å². The Balaban J connectivity index is 1.90. The van der Waals surface area contributed by atoms with Crippen LogP contribution in [0.4, 0.5) is 5.00 Å². The molecular formula is C20H23BrN2O2S. The van der Waals surface area contributed by atoms with E-state index in [4.69, 9.17) is 5.73 Å². The van der Waals surface area contributed by atoms with Crippen molar-refractivity contribution in [3.05, 3.63) is 49.8 Å². The van der Waals surface area contributed by atoms with Crippen LogP contribution in [0.15, 0.2) is 22.7 Å². The van der Waals surface area contributed by atoms with Crippen molar-refractivity contribution in [1.29, 1.82) is 0 Å². The molecule has 2 amide bonds. The normalized spacial score (nSPS) is 14.0. The van der Waals surface area contributed by atoms with Gasteiger partial charge in [0, 0.05) is 14.9 Å². The molecule has 0 unspecified atom stereocenters. The van der Waals surface area contributed by atoms with Crippen LogP contribution in [-0.2, 0) is 18.3 Å². The predicted molar refractivity (Wildman–Crippen MR) is 110 cm³/mol. The van der Waals surface area contributed by atoms with Crippen molar-refractivity contribution in [2.45, 2.75) is 51.9 Å². The van der Waals surface area contributed by atoms with E-state index in [1.165, 1.54) is 16.2 Å². The summed E-state index contributed by atoms with van der Waals surface area (Å²) in [7, 11) is 0. The van der Waals surface area contributed by atoms with Gasteiger partial charge in [0.05, 0.1) is 5.56 Å². The number of halogens is 1. The van der Waals surface area contributed by atoms with Crippen LogP contribution in [0.25, 0.3) is 0 Å². The molecule has 0 spiro atoms. The van der Waals surface area contributed by atoms with Gasteiger partial charge in [-0.15, -0.1) is 11.3 Å². The molecule has 1 aromatic carbocycles. The van der Waals surface area contributed by atoms with Gasteiger partial charge in [-0.05, 0) is 54.4 Å². The van der Waals surface area contributed by atoms with Gasteiger partial charge in [0.1, 0.15) is 5.00 Å². The second-order valence-corrected chi connectivity index (χ2v) is 9.64. The first-order valence-electron chi connectivity index (χ1n) is 8.74. The zero-order valence-corrected chi connectivity index (χ0v) is 17.6. The molecule has 4 nitrogen and oxygen atoms in total. The molecule has 0 aliphatic heterocycles. The maximum absolute atomic E-state index is 12.7. The minimum absolute atomic E-state index is 0.0141. The Morgan fingerprint density at radius 2 is 1.88 bits per heavy atom. The van der Waals surface area contributed by atoms with Gasteiger partial charge in [-0.2, -0.15) is 0 Å². The third-order valence-electron chi connectivity index (χ3n) is 4.68. The van der Waals surface area contributed by atoms with Gasteiger partial charge in [0.15, 0.2) is 0 Å². The number of primary amides is 1. The lowest BCUT2D eigenvalue weighted by Gasteiger charge is -2.21. The molecule has 0 saturated heterocycles. The fourth-order valence-electron chi connectivity index (χ4n) is 3.35. The van der Waals surface area contributed by atoms with Gasteiger partial charge >= 0.3 is 0 Å². The van der Waals surface area contributed by atoms with Crippen molar-refractivity contribution in [3.8, 4) is 0 Å². The van der Waals surface area contributed by atoms with Crippen molar-refractivity contribution in [3.63, 3.8) is 0 Å². The van der Waals surface area contributed by atoms with Crippen LogP contribution in [-0.4, -0.2) is 11.8 Å². The second-order valence-electron chi connectivity index (χ2n) is 7.68. The van der Waals surface area contributed by atoms with E-state index in [1.54, 1.807) is 0 Å². The molecule has 0 bridgehead atoms. The van der Waals surface area contributed by atoms with Crippen LogP contribution < -0.4 is 11.1 Å².